The van der Waals surface area contributed by atoms with E-state index in [-0.39, 0.29) is 22.3 Å². The van der Waals surface area contributed by atoms with Crippen molar-refractivity contribution in [1.82, 2.24) is 0 Å². The normalized spacial score (nSPS) is 10.3. The zero-order valence-corrected chi connectivity index (χ0v) is 12.2. The first-order chi connectivity index (χ1) is 9.51. The molecule has 2 aromatic rings. The van der Waals surface area contributed by atoms with Crippen LogP contribution in [-0.2, 0) is 5.88 Å². The Bertz CT molecular complexity index is 661. The first kappa shape index (κ1) is 14.9. The van der Waals surface area contributed by atoms with Gasteiger partial charge in [0.2, 0.25) is 5.75 Å². The first-order valence-electron chi connectivity index (χ1n) is 5.47. The standard InChI is InChI=1S/C13H8Cl3NO3/c14-7-8-1-2-10(16)6-13(8)20-12-4-3-9(15)5-11(12)17(18)19/h1-6H,7H2. The molecule has 0 aliphatic carbocycles. The van der Waals surface area contributed by atoms with Gasteiger partial charge in [-0.2, -0.15) is 0 Å². The molecule has 0 amide bonds. The highest BCUT2D eigenvalue weighted by Gasteiger charge is 2.17. The molecule has 0 N–H and O–H groups in total. The van der Waals surface area contributed by atoms with Gasteiger partial charge in [-0.05, 0) is 24.3 Å². The van der Waals surface area contributed by atoms with Gasteiger partial charge in [0.25, 0.3) is 0 Å². The molecule has 104 valence electrons. The molecule has 20 heavy (non-hydrogen) atoms. The fraction of sp³-hybridized carbons (Fsp3) is 0.0769. The highest BCUT2D eigenvalue weighted by Crippen LogP contribution is 2.36. The number of hydrogen-bond donors (Lipinski definition) is 0. The van der Waals surface area contributed by atoms with E-state index in [0.29, 0.717) is 16.3 Å². The lowest BCUT2D eigenvalue weighted by Gasteiger charge is -2.10. The third-order valence-electron chi connectivity index (χ3n) is 2.51. The molecule has 4 nitrogen and oxygen atoms in total. The summed E-state index contributed by atoms with van der Waals surface area (Å²) >= 11 is 17.4. The average molecular weight is 333 g/mol. The van der Waals surface area contributed by atoms with Gasteiger partial charge in [-0.3, -0.25) is 10.1 Å². The van der Waals surface area contributed by atoms with Crippen LogP contribution >= 0.6 is 34.8 Å². The van der Waals surface area contributed by atoms with Crippen molar-refractivity contribution in [1.29, 1.82) is 0 Å². The molecule has 0 atom stereocenters. The molecule has 2 aromatic carbocycles. The number of nitro groups is 1. The summed E-state index contributed by atoms with van der Waals surface area (Å²) in [5, 5.41) is 11.7. The highest BCUT2D eigenvalue weighted by molar-refractivity contribution is 6.31. The molecule has 0 aliphatic rings. The predicted octanol–water partition coefficient (Wildman–Crippen LogP) is 5.43. The van der Waals surface area contributed by atoms with Gasteiger partial charge in [0.05, 0.1) is 10.8 Å². The van der Waals surface area contributed by atoms with Gasteiger partial charge in [-0.25, -0.2) is 0 Å². The van der Waals surface area contributed by atoms with Gasteiger partial charge < -0.3 is 4.74 Å². The van der Waals surface area contributed by atoms with Crippen molar-refractivity contribution in [2.45, 2.75) is 5.88 Å². The maximum Gasteiger partial charge on any atom is 0.313 e. The predicted molar refractivity (Wildman–Crippen MR) is 79.2 cm³/mol. The number of benzene rings is 2. The lowest BCUT2D eigenvalue weighted by Crippen LogP contribution is -1.95. The Balaban J connectivity index is 2.44. The number of rotatable bonds is 4. The fourth-order valence-corrected chi connectivity index (χ4v) is 2.12. The Labute approximate surface area is 130 Å². The Kier molecular flexibility index (Phi) is 4.70. The molecular formula is C13H8Cl3NO3. The Morgan fingerprint density at radius 1 is 1.05 bits per heavy atom. The summed E-state index contributed by atoms with van der Waals surface area (Å²) in [4.78, 5) is 10.4. The van der Waals surface area contributed by atoms with Crippen molar-refractivity contribution >= 4 is 40.5 Å². The van der Waals surface area contributed by atoms with Crippen LogP contribution in [0.15, 0.2) is 36.4 Å². The third-order valence-corrected chi connectivity index (χ3v) is 3.27. The smallest absolute Gasteiger partial charge is 0.313 e. The van der Waals surface area contributed by atoms with E-state index < -0.39 is 4.92 Å². The van der Waals surface area contributed by atoms with Crippen molar-refractivity contribution < 1.29 is 9.66 Å². The molecule has 0 aliphatic heterocycles. The van der Waals surface area contributed by atoms with E-state index in [2.05, 4.69) is 0 Å². The van der Waals surface area contributed by atoms with E-state index >= 15 is 0 Å². The minimum Gasteiger partial charge on any atom is -0.450 e. The van der Waals surface area contributed by atoms with Gasteiger partial charge in [-0.1, -0.05) is 29.3 Å². The molecule has 0 saturated carbocycles. The fourth-order valence-electron chi connectivity index (χ4n) is 1.57. The number of halogens is 3. The topological polar surface area (TPSA) is 52.4 Å². The number of nitro benzene ring substituents is 1. The van der Waals surface area contributed by atoms with E-state index in [9.17, 15) is 10.1 Å². The summed E-state index contributed by atoms with van der Waals surface area (Å²) in [5.74, 6) is 0.652. The van der Waals surface area contributed by atoms with Crippen molar-refractivity contribution in [2.24, 2.45) is 0 Å². The van der Waals surface area contributed by atoms with Crippen LogP contribution in [0.5, 0.6) is 11.5 Å². The van der Waals surface area contributed by atoms with Crippen LogP contribution in [0.1, 0.15) is 5.56 Å². The van der Waals surface area contributed by atoms with Crippen molar-refractivity contribution in [3.8, 4) is 11.5 Å². The molecule has 0 spiro atoms. The van der Waals surface area contributed by atoms with Crippen molar-refractivity contribution in [2.75, 3.05) is 0 Å². The lowest BCUT2D eigenvalue weighted by atomic mass is 10.2. The average Bonchev–Trinajstić information content (AvgIpc) is 2.41. The molecule has 0 fully saturated rings. The maximum atomic E-state index is 11.0. The molecule has 0 unspecified atom stereocenters. The van der Waals surface area contributed by atoms with Gasteiger partial charge in [0, 0.05) is 21.7 Å². The second-order valence-corrected chi connectivity index (χ2v) is 5.00. The first-order valence-corrected chi connectivity index (χ1v) is 6.76. The van der Waals surface area contributed by atoms with E-state index in [1.165, 1.54) is 18.2 Å². The van der Waals surface area contributed by atoms with Crippen LogP contribution in [0.3, 0.4) is 0 Å². The molecule has 0 radical (unpaired) electrons. The number of alkyl halides is 1. The minimum atomic E-state index is -0.563. The summed E-state index contributed by atoms with van der Waals surface area (Å²) in [5.41, 5.74) is 0.457. The molecule has 0 saturated heterocycles. The van der Waals surface area contributed by atoms with Gasteiger partial charge in [-0.15, -0.1) is 11.6 Å². The Morgan fingerprint density at radius 3 is 2.35 bits per heavy atom. The summed E-state index contributed by atoms with van der Waals surface area (Å²) in [6.07, 6.45) is 0. The summed E-state index contributed by atoms with van der Waals surface area (Å²) in [6, 6.07) is 9.09. The molecule has 0 aromatic heterocycles. The number of nitrogens with zero attached hydrogens (tertiary/aromatic N) is 1. The third kappa shape index (κ3) is 3.33. The van der Waals surface area contributed by atoms with E-state index in [4.69, 9.17) is 39.5 Å². The highest BCUT2D eigenvalue weighted by atomic mass is 35.5. The van der Waals surface area contributed by atoms with Crippen LogP contribution < -0.4 is 4.74 Å². The lowest BCUT2D eigenvalue weighted by molar-refractivity contribution is -0.385. The zero-order valence-electron chi connectivity index (χ0n) is 9.98. The van der Waals surface area contributed by atoms with Crippen molar-refractivity contribution in [3.05, 3.63) is 62.1 Å². The largest absolute Gasteiger partial charge is 0.450 e. The van der Waals surface area contributed by atoms with Crippen LogP contribution in [0.4, 0.5) is 5.69 Å². The molecule has 0 bridgehead atoms. The molecular weight excluding hydrogens is 325 g/mol. The SMILES string of the molecule is O=[N+]([O-])c1cc(Cl)ccc1Oc1cc(Cl)ccc1CCl. The number of ether oxygens (including phenoxy) is 1. The summed E-state index contributed by atoms with van der Waals surface area (Å²) in [7, 11) is 0. The van der Waals surface area contributed by atoms with Crippen molar-refractivity contribution in [3.63, 3.8) is 0 Å². The van der Waals surface area contributed by atoms with Gasteiger partial charge in [0.1, 0.15) is 5.75 Å². The van der Waals surface area contributed by atoms with E-state index in [1.54, 1.807) is 18.2 Å². The van der Waals surface area contributed by atoms with E-state index in [1.807, 2.05) is 0 Å². The van der Waals surface area contributed by atoms with Gasteiger partial charge in [0.15, 0.2) is 0 Å². The van der Waals surface area contributed by atoms with Crippen LogP contribution in [0.2, 0.25) is 10.0 Å². The number of hydrogen-bond acceptors (Lipinski definition) is 3. The summed E-state index contributed by atoms with van der Waals surface area (Å²) < 4.78 is 5.56. The van der Waals surface area contributed by atoms with Gasteiger partial charge >= 0.3 is 5.69 Å². The molecule has 2 rings (SSSR count). The quantitative estimate of drug-likeness (QED) is 0.426. The van der Waals surface area contributed by atoms with Crippen LogP contribution in [-0.4, -0.2) is 4.92 Å². The van der Waals surface area contributed by atoms with Crippen LogP contribution in [0.25, 0.3) is 0 Å². The monoisotopic (exact) mass is 331 g/mol. The maximum absolute atomic E-state index is 11.0. The second-order valence-electron chi connectivity index (χ2n) is 3.86. The van der Waals surface area contributed by atoms with Crippen LogP contribution in [0, 0.1) is 10.1 Å². The molecule has 7 heteroatoms. The Hall–Kier alpha value is -1.49. The Morgan fingerprint density at radius 2 is 1.70 bits per heavy atom. The molecule has 0 heterocycles. The summed E-state index contributed by atoms with van der Waals surface area (Å²) in [6.45, 7) is 0. The second kappa shape index (κ2) is 6.31. The zero-order chi connectivity index (χ0) is 14.7. The van der Waals surface area contributed by atoms with E-state index in [0.717, 1.165) is 0 Å². The minimum absolute atomic E-state index is 0.0769.